The number of rotatable bonds is 5. The second kappa shape index (κ2) is 6.83. The molecule has 6 heteroatoms. The summed E-state index contributed by atoms with van der Waals surface area (Å²) in [6.07, 6.45) is 6.16. The summed E-state index contributed by atoms with van der Waals surface area (Å²) in [5, 5.41) is 20.1. The molecule has 0 aliphatic heterocycles. The Kier molecular flexibility index (Phi) is 4.62. The van der Waals surface area contributed by atoms with Crippen molar-refractivity contribution in [3.05, 3.63) is 42.2 Å². The van der Waals surface area contributed by atoms with Crippen LogP contribution in [-0.4, -0.2) is 33.4 Å². The summed E-state index contributed by atoms with van der Waals surface area (Å²) in [6, 6.07) is 7.35. The van der Waals surface area contributed by atoms with Gasteiger partial charge in [-0.3, -0.25) is 9.48 Å². The summed E-state index contributed by atoms with van der Waals surface area (Å²) in [5.74, 6) is 0.0644. The number of aliphatic hydroxyl groups is 1. The Labute approximate surface area is 135 Å². The van der Waals surface area contributed by atoms with E-state index in [1.807, 2.05) is 31.4 Å². The zero-order valence-electron chi connectivity index (χ0n) is 13.2. The first kappa shape index (κ1) is 15.6. The average Bonchev–Trinajstić information content (AvgIpc) is 3.13. The molecule has 2 atom stereocenters. The van der Waals surface area contributed by atoms with E-state index in [0.29, 0.717) is 12.1 Å². The van der Waals surface area contributed by atoms with Gasteiger partial charge in [0.1, 0.15) is 0 Å². The van der Waals surface area contributed by atoms with Gasteiger partial charge in [-0.05, 0) is 31.0 Å². The number of hydrogen-bond donors (Lipinski definition) is 3. The van der Waals surface area contributed by atoms with Crippen LogP contribution < -0.4 is 10.6 Å². The highest BCUT2D eigenvalue weighted by atomic mass is 16.3. The number of carbonyl (C=O) groups excluding carboxylic acids is 1. The summed E-state index contributed by atoms with van der Waals surface area (Å²) >= 11 is 0. The minimum atomic E-state index is -0.283. The van der Waals surface area contributed by atoms with Crippen LogP contribution in [0.4, 0.5) is 11.4 Å². The third-order valence-electron chi connectivity index (χ3n) is 4.26. The summed E-state index contributed by atoms with van der Waals surface area (Å²) in [5.41, 5.74) is 2.32. The Bertz CT molecular complexity index is 683. The highest BCUT2D eigenvalue weighted by molar-refractivity contribution is 5.95. The molecule has 6 nitrogen and oxygen atoms in total. The molecule has 1 aromatic carbocycles. The number of nitrogens with zero attached hydrogens (tertiary/aromatic N) is 2. The number of anilines is 2. The van der Waals surface area contributed by atoms with Gasteiger partial charge in [0, 0.05) is 37.0 Å². The van der Waals surface area contributed by atoms with E-state index in [9.17, 15) is 9.90 Å². The zero-order chi connectivity index (χ0) is 16.2. The molecule has 3 N–H and O–H groups in total. The van der Waals surface area contributed by atoms with E-state index >= 15 is 0 Å². The molecule has 1 heterocycles. The quantitative estimate of drug-likeness (QED) is 0.789. The van der Waals surface area contributed by atoms with Crippen LogP contribution in [0.1, 0.15) is 29.6 Å². The van der Waals surface area contributed by atoms with E-state index in [4.69, 9.17) is 0 Å². The third-order valence-corrected chi connectivity index (χ3v) is 4.26. The average molecular weight is 314 g/mol. The van der Waals surface area contributed by atoms with Gasteiger partial charge in [0.15, 0.2) is 0 Å². The summed E-state index contributed by atoms with van der Waals surface area (Å²) in [7, 11) is 1.85. The van der Waals surface area contributed by atoms with Crippen molar-refractivity contribution in [3.8, 4) is 0 Å². The minimum absolute atomic E-state index is 0.112. The molecule has 23 heavy (non-hydrogen) atoms. The van der Waals surface area contributed by atoms with Gasteiger partial charge < -0.3 is 15.7 Å². The maximum Gasteiger partial charge on any atom is 0.251 e. The highest BCUT2D eigenvalue weighted by Gasteiger charge is 2.25. The van der Waals surface area contributed by atoms with Crippen LogP contribution in [-0.2, 0) is 7.05 Å². The standard InChI is InChI=1S/C17H22N4O2/c1-21-11-15(10-19-21)20-14-6-2-4-12(8-14)17(23)18-9-13-5-3-7-16(13)22/h2,4,6,8,10-11,13,16,20,22H,3,5,7,9H2,1H3,(H,18,23). The number of nitrogens with one attached hydrogen (secondary N) is 2. The number of aliphatic hydroxyl groups excluding tert-OH is 1. The Morgan fingerprint density at radius 3 is 2.96 bits per heavy atom. The van der Waals surface area contributed by atoms with E-state index in [1.54, 1.807) is 16.9 Å². The fraction of sp³-hybridized carbons (Fsp3) is 0.412. The van der Waals surface area contributed by atoms with Gasteiger partial charge in [0.25, 0.3) is 5.91 Å². The Morgan fingerprint density at radius 2 is 2.26 bits per heavy atom. The van der Waals surface area contributed by atoms with Crippen molar-refractivity contribution >= 4 is 17.3 Å². The molecule has 1 amide bonds. The van der Waals surface area contributed by atoms with Crippen LogP contribution in [0.2, 0.25) is 0 Å². The smallest absolute Gasteiger partial charge is 0.251 e. The third kappa shape index (κ3) is 3.90. The predicted molar refractivity (Wildman–Crippen MR) is 88.6 cm³/mol. The first-order chi connectivity index (χ1) is 11.1. The molecule has 1 aromatic heterocycles. The SMILES string of the molecule is Cn1cc(Nc2cccc(C(=O)NCC3CCCC3O)c2)cn1. The van der Waals surface area contributed by atoms with Gasteiger partial charge in [-0.2, -0.15) is 5.10 Å². The summed E-state index contributed by atoms with van der Waals surface area (Å²) in [4.78, 5) is 12.3. The number of aryl methyl sites for hydroxylation is 1. The number of hydrogen-bond acceptors (Lipinski definition) is 4. The van der Waals surface area contributed by atoms with Gasteiger partial charge in [-0.25, -0.2) is 0 Å². The first-order valence-corrected chi connectivity index (χ1v) is 7.94. The van der Waals surface area contributed by atoms with Gasteiger partial charge in [0.05, 0.1) is 18.0 Å². The molecular formula is C17H22N4O2. The van der Waals surface area contributed by atoms with Gasteiger partial charge >= 0.3 is 0 Å². The number of benzene rings is 1. The number of carbonyl (C=O) groups is 1. The van der Waals surface area contributed by atoms with E-state index in [-0.39, 0.29) is 17.9 Å². The fourth-order valence-corrected chi connectivity index (χ4v) is 2.97. The minimum Gasteiger partial charge on any atom is -0.393 e. The van der Waals surface area contributed by atoms with Crippen molar-refractivity contribution in [2.75, 3.05) is 11.9 Å². The van der Waals surface area contributed by atoms with Crippen molar-refractivity contribution in [2.24, 2.45) is 13.0 Å². The Hall–Kier alpha value is -2.34. The molecule has 2 unspecified atom stereocenters. The molecule has 0 bridgehead atoms. The first-order valence-electron chi connectivity index (χ1n) is 7.94. The maximum absolute atomic E-state index is 12.3. The highest BCUT2D eigenvalue weighted by Crippen LogP contribution is 2.24. The van der Waals surface area contributed by atoms with Crippen LogP contribution in [0.25, 0.3) is 0 Å². The largest absolute Gasteiger partial charge is 0.393 e. The topological polar surface area (TPSA) is 79.2 Å². The van der Waals surface area contributed by atoms with Crippen LogP contribution in [0.3, 0.4) is 0 Å². The number of aromatic nitrogens is 2. The monoisotopic (exact) mass is 314 g/mol. The van der Waals surface area contributed by atoms with Crippen LogP contribution in [0.5, 0.6) is 0 Å². The second-order valence-corrected chi connectivity index (χ2v) is 6.08. The second-order valence-electron chi connectivity index (χ2n) is 6.08. The molecule has 0 saturated heterocycles. The van der Waals surface area contributed by atoms with Gasteiger partial charge in [0.2, 0.25) is 0 Å². The van der Waals surface area contributed by atoms with Crippen molar-refractivity contribution in [1.82, 2.24) is 15.1 Å². The molecule has 3 rings (SSSR count). The normalized spacial score (nSPS) is 20.4. The van der Waals surface area contributed by atoms with Gasteiger partial charge in [-0.15, -0.1) is 0 Å². The Morgan fingerprint density at radius 1 is 1.39 bits per heavy atom. The van der Waals surface area contributed by atoms with E-state index in [0.717, 1.165) is 30.6 Å². The molecular weight excluding hydrogens is 292 g/mol. The fourth-order valence-electron chi connectivity index (χ4n) is 2.97. The molecule has 1 aliphatic carbocycles. The van der Waals surface area contributed by atoms with Crippen molar-refractivity contribution in [1.29, 1.82) is 0 Å². The van der Waals surface area contributed by atoms with Crippen molar-refractivity contribution in [2.45, 2.75) is 25.4 Å². The lowest BCUT2D eigenvalue weighted by atomic mass is 10.1. The summed E-state index contributed by atoms with van der Waals surface area (Å²) < 4.78 is 1.71. The van der Waals surface area contributed by atoms with Crippen LogP contribution in [0.15, 0.2) is 36.7 Å². The lowest BCUT2D eigenvalue weighted by Gasteiger charge is -2.15. The van der Waals surface area contributed by atoms with Crippen LogP contribution >= 0.6 is 0 Å². The van der Waals surface area contributed by atoms with Gasteiger partial charge in [-0.1, -0.05) is 12.5 Å². The lowest BCUT2D eigenvalue weighted by molar-refractivity contribution is 0.0917. The maximum atomic E-state index is 12.3. The van der Waals surface area contributed by atoms with Crippen molar-refractivity contribution < 1.29 is 9.90 Å². The molecule has 1 saturated carbocycles. The van der Waals surface area contributed by atoms with E-state index in [2.05, 4.69) is 15.7 Å². The molecule has 0 spiro atoms. The molecule has 0 radical (unpaired) electrons. The lowest BCUT2D eigenvalue weighted by Crippen LogP contribution is -2.32. The van der Waals surface area contributed by atoms with Crippen LogP contribution in [0, 0.1) is 5.92 Å². The molecule has 122 valence electrons. The molecule has 2 aromatic rings. The Balaban J connectivity index is 1.60. The van der Waals surface area contributed by atoms with Crippen molar-refractivity contribution in [3.63, 3.8) is 0 Å². The zero-order valence-corrected chi connectivity index (χ0v) is 13.2. The van der Waals surface area contributed by atoms with E-state index in [1.165, 1.54) is 0 Å². The van der Waals surface area contributed by atoms with E-state index < -0.39 is 0 Å². The molecule has 1 aliphatic rings. The summed E-state index contributed by atoms with van der Waals surface area (Å²) in [6.45, 7) is 0.528. The number of amides is 1. The predicted octanol–water partition coefficient (Wildman–Crippen LogP) is 2.05. The molecule has 1 fully saturated rings.